The van der Waals surface area contributed by atoms with Crippen LogP contribution in [0.3, 0.4) is 0 Å². The third-order valence-corrected chi connectivity index (χ3v) is 5.79. The van der Waals surface area contributed by atoms with Gasteiger partial charge in [0.25, 0.3) is 10.0 Å². The molecule has 0 spiro atoms. The molecule has 96 valence electrons. The molecular formula is C9H13ClN2O3S2. The van der Waals surface area contributed by atoms with Gasteiger partial charge in [-0.05, 0) is 25.7 Å². The Hall–Kier alpha value is -0.210. The van der Waals surface area contributed by atoms with Gasteiger partial charge in [-0.15, -0.1) is 0 Å². The maximum absolute atomic E-state index is 11.9. The van der Waals surface area contributed by atoms with Crippen LogP contribution in [0, 0.1) is 0 Å². The third kappa shape index (κ3) is 3.38. The third-order valence-electron chi connectivity index (χ3n) is 2.69. The van der Waals surface area contributed by atoms with Crippen molar-refractivity contribution in [3.8, 4) is 0 Å². The Balaban J connectivity index is 2.07. The monoisotopic (exact) mass is 296 g/mol. The summed E-state index contributed by atoms with van der Waals surface area (Å²) in [6.45, 7) is 0. The van der Waals surface area contributed by atoms with Crippen LogP contribution in [0.2, 0.25) is 4.47 Å². The minimum Gasteiger partial charge on any atom is -0.393 e. The molecule has 1 fully saturated rings. The molecule has 1 aliphatic carbocycles. The van der Waals surface area contributed by atoms with E-state index in [2.05, 4.69) is 9.71 Å². The highest BCUT2D eigenvalue weighted by Crippen LogP contribution is 2.25. The molecule has 8 heteroatoms. The zero-order chi connectivity index (χ0) is 12.5. The number of hydrogen-bond donors (Lipinski definition) is 2. The van der Waals surface area contributed by atoms with E-state index in [-0.39, 0.29) is 14.7 Å². The second kappa shape index (κ2) is 5.19. The smallest absolute Gasteiger partial charge is 0.251 e. The zero-order valence-corrected chi connectivity index (χ0v) is 11.4. The van der Waals surface area contributed by atoms with Crippen LogP contribution in [-0.4, -0.2) is 30.7 Å². The van der Waals surface area contributed by atoms with Crippen molar-refractivity contribution in [2.24, 2.45) is 0 Å². The zero-order valence-electron chi connectivity index (χ0n) is 8.97. The Morgan fingerprint density at radius 2 is 2.29 bits per heavy atom. The first-order valence-corrected chi connectivity index (χ1v) is 7.97. The first-order chi connectivity index (χ1) is 7.97. The number of rotatable bonds is 3. The molecule has 2 N–H and O–H groups in total. The Labute approximate surface area is 109 Å². The highest BCUT2D eigenvalue weighted by Gasteiger charge is 2.26. The molecule has 2 atom stereocenters. The fourth-order valence-corrected chi connectivity index (χ4v) is 4.50. The maximum Gasteiger partial charge on any atom is 0.251 e. The average molecular weight is 297 g/mol. The molecule has 0 aliphatic heterocycles. The molecule has 1 saturated carbocycles. The molecule has 0 radical (unpaired) electrons. The standard InChI is InChI=1S/C9H13ClN2O3S2/c10-9-11-5-8(16-9)17(14,15)12-6-2-1-3-7(13)4-6/h5-7,12-13H,1-4H2. The highest BCUT2D eigenvalue weighted by atomic mass is 35.5. The van der Waals surface area contributed by atoms with Crippen molar-refractivity contribution in [3.05, 3.63) is 10.7 Å². The number of nitrogens with one attached hydrogen (secondary N) is 1. The van der Waals surface area contributed by atoms with Gasteiger partial charge in [0.15, 0.2) is 8.68 Å². The summed E-state index contributed by atoms with van der Waals surface area (Å²) in [4.78, 5) is 3.71. The number of nitrogens with zero attached hydrogens (tertiary/aromatic N) is 1. The number of sulfonamides is 1. The van der Waals surface area contributed by atoms with Crippen molar-refractivity contribution < 1.29 is 13.5 Å². The molecular weight excluding hydrogens is 284 g/mol. The summed E-state index contributed by atoms with van der Waals surface area (Å²) in [5, 5.41) is 9.49. The van der Waals surface area contributed by atoms with Gasteiger partial charge in [-0.1, -0.05) is 22.9 Å². The van der Waals surface area contributed by atoms with Crippen LogP contribution in [0.5, 0.6) is 0 Å². The number of halogens is 1. The van der Waals surface area contributed by atoms with Gasteiger partial charge < -0.3 is 5.11 Å². The average Bonchev–Trinajstić information content (AvgIpc) is 2.65. The lowest BCUT2D eigenvalue weighted by molar-refractivity contribution is 0.117. The topological polar surface area (TPSA) is 79.3 Å². The highest BCUT2D eigenvalue weighted by molar-refractivity contribution is 7.91. The van der Waals surface area contributed by atoms with Gasteiger partial charge >= 0.3 is 0 Å². The normalized spacial score (nSPS) is 26.0. The van der Waals surface area contributed by atoms with Gasteiger partial charge in [0.2, 0.25) is 0 Å². The molecule has 0 saturated heterocycles. The van der Waals surface area contributed by atoms with Gasteiger partial charge in [-0.3, -0.25) is 0 Å². The number of hydrogen-bond acceptors (Lipinski definition) is 5. The van der Waals surface area contributed by atoms with Crippen molar-refractivity contribution in [2.75, 3.05) is 0 Å². The number of aliphatic hydroxyl groups excluding tert-OH is 1. The number of aromatic nitrogens is 1. The molecule has 1 aromatic heterocycles. The summed E-state index contributed by atoms with van der Waals surface area (Å²) in [5.74, 6) is 0. The maximum atomic E-state index is 11.9. The van der Waals surface area contributed by atoms with Crippen LogP contribution in [0.15, 0.2) is 10.4 Å². The van der Waals surface area contributed by atoms with Gasteiger partial charge in [0, 0.05) is 6.04 Å². The van der Waals surface area contributed by atoms with E-state index in [9.17, 15) is 13.5 Å². The first kappa shape index (κ1) is 13.2. The largest absolute Gasteiger partial charge is 0.393 e. The molecule has 17 heavy (non-hydrogen) atoms. The summed E-state index contributed by atoms with van der Waals surface area (Å²) in [6.07, 6.45) is 3.62. The second-order valence-electron chi connectivity index (χ2n) is 4.07. The predicted molar refractivity (Wildman–Crippen MR) is 65.7 cm³/mol. The molecule has 5 nitrogen and oxygen atoms in total. The lowest BCUT2D eigenvalue weighted by Crippen LogP contribution is -2.39. The van der Waals surface area contributed by atoms with Crippen LogP contribution >= 0.6 is 22.9 Å². The van der Waals surface area contributed by atoms with E-state index in [1.165, 1.54) is 6.20 Å². The van der Waals surface area contributed by atoms with E-state index in [0.29, 0.717) is 6.42 Å². The molecule has 1 aromatic rings. The van der Waals surface area contributed by atoms with E-state index in [1.807, 2.05) is 0 Å². The molecule has 0 aromatic carbocycles. The van der Waals surface area contributed by atoms with E-state index in [1.54, 1.807) is 0 Å². The van der Waals surface area contributed by atoms with Gasteiger partial charge in [-0.2, -0.15) is 0 Å². The molecule has 2 rings (SSSR count). The minimum atomic E-state index is -3.55. The van der Waals surface area contributed by atoms with Crippen LogP contribution in [0.4, 0.5) is 0 Å². The Morgan fingerprint density at radius 3 is 2.88 bits per heavy atom. The fourth-order valence-electron chi connectivity index (χ4n) is 1.91. The minimum absolute atomic E-state index is 0.113. The van der Waals surface area contributed by atoms with Gasteiger partial charge in [-0.25, -0.2) is 18.1 Å². The van der Waals surface area contributed by atoms with Crippen molar-refractivity contribution in [1.29, 1.82) is 0 Å². The summed E-state index contributed by atoms with van der Waals surface area (Å²) < 4.78 is 26.8. The lowest BCUT2D eigenvalue weighted by Gasteiger charge is -2.26. The van der Waals surface area contributed by atoms with E-state index in [0.717, 1.165) is 30.6 Å². The van der Waals surface area contributed by atoms with Crippen LogP contribution < -0.4 is 4.72 Å². The summed E-state index contributed by atoms with van der Waals surface area (Å²) >= 11 is 6.53. The molecule has 1 heterocycles. The number of thiazole rings is 1. The Morgan fingerprint density at radius 1 is 1.53 bits per heavy atom. The van der Waals surface area contributed by atoms with E-state index in [4.69, 9.17) is 11.6 Å². The molecule has 0 amide bonds. The Bertz CT molecular complexity index is 488. The summed E-state index contributed by atoms with van der Waals surface area (Å²) in [6, 6.07) is -0.204. The fraction of sp³-hybridized carbons (Fsp3) is 0.667. The van der Waals surface area contributed by atoms with E-state index >= 15 is 0 Å². The summed E-state index contributed by atoms with van der Waals surface area (Å²) in [5.41, 5.74) is 0. The predicted octanol–water partition coefficient (Wildman–Crippen LogP) is 1.38. The van der Waals surface area contributed by atoms with Crippen molar-refractivity contribution in [3.63, 3.8) is 0 Å². The van der Waals surface area contributed by atoms with Crippen molar-refractivity contribution >= 4 is 33.0 Å². The molecule has 2 unspecified atom stereocenters. The van der Waals surface area contributed by atoms with Crippen molar-refractivity contribution in [2.45, 2.75) is 42.0 Å². The van der Waals surface area contributed by atoms with E-state index < -0.39 is 16.1 Å². The molecule has 0 bridgehead atoms. The van der Waals surface area contributed by atoms with Crippen LogP contribution in [-0.2, 0) is 10.0 Å². The summed E-state index contributed by atoms with van der Waals surface area (Å²) in [7, 11) is -3.55. The second-order valence-corrected chi connectivity index (χ2v) is 7.62. The van der Waals surface area contributed by atoms with Crippen LogP contribution in [0.25, 0.3) is 0 Å². The quantitative estimate of drug-likeness (QED) is 0.883. The SMILES string of the molecule is O=S(=O)(NC1CCCC(O)C1)c1cnc(Cl)s1. The van der Waals surface area contributed by atoms with Gasteiger partial charge in [0.1, 0.15) is 0 Å². The Kier molecular flexibility index (Phi) is 4.04. The first-order valence-electron chi connectivity index (χ1n) is 5.29. The van der Waals surface area contributed by atoms with Crippen molar-refractivity contribution in [1.82, 2.24) is 9.71 Å². The molecule has 1 aliphatic rings. The van der Waals surface area contributed by atoms with Crippen LogP contribution in [0.1, 0.15) is 25.7 Å². The lowest BCUT2D eigenvalue weighted by atomic mass is 9.94. The number of aliphatic hydroxyl groups is 1. The van der Waals surface area contributed by atoms with Gasteiger partial charge in [0.05, 0.1) is 12.3 Å².